The van der Waals surface area contributed by atoms with Crippen LogP contribution in [0.5, 0.6) is 0 Å². The smallest absolute Gasteiger partial charge is 0.0774 e. The highest BCUT2D eigenvalue weighted by atomic mass is 16.3. The molecule has 0 aliphatic heterocycles. The summed E-state index contributed by atoms with van der Waals surface area (Å²) in [4.78, 5) is 2.26. The number of hydrogen-bond donors (Lipinski definition) is 2. The van der Waals surface area contributed by atoms with E-state index in [1.165, 1.54) is 19.3 Å². The fraction of sp³-hybridized carbons (Fsp3) is 1.00. The molecule has 2 rings (SSSR count). The third-order valence-electron chi connectivity index (χ3n) is 4.95. The van der Waals surface area contributed by atoms with Crippen LogP contribution >= 0.6 is 0 Å². The van der Waals surface area contributed by atoms with Crippen LogP contribution in [-0.2, 0) is 0 Å². The van der Waals surface area contributed by atoms with Gasteiger partial charge in [0, 0.05) is 25.1 Å². The number of rotatable bonds is 5. The van der Waals surface area contributed by atoms with E-state index in [1.807, 2.05) is 0 Å². The largest absolute Gasteiger partial charge is 0.396 e. The van der Waals surface area contributed by atoms with Crippen molar-refractivity contribution in [3.63, 3.8) is 0 Å². The zero-order chi connectivity index (χ0) is 13.1. The Bertz CT molecular complexity index is 255. The summed E-state index contributed by atoms with van der Waals surface area (Å²) >= 11 is 0. The molecule has 0 saturated heterocycles. The van der Waals surface area contributed by atoms with Crippen LogP contribution in [-0.4, -0.2) is 47.5 Å². The van der Waals surface area contributed by atoms with E-state index in [0.29, 0.717) is 6.61 Å². The predicted octanol–water partition coefficient (Wildman–Crippen LogP) is 2.17. The molecule has 3 nitrogen and oxygen atoms in total. The summed E-state index contributed by atoms with van der Waals surface area (Å²) < 4.78 is 0. The average molecular weight is 255 g/mol. The minimum absolute atomic E-state index is 0.0992. The van der Waals surface area contributed by atoms with E-state index in [9.17, 15) is 10.2 Å². The van der Waals surface area contributed by atoms with Gasteiger partial charge in [0.1, 0.15) is 0 Å². The van der Waals surface area contributed by atoms with E-state index in [4.69, 9.17) is 0 Å². The molecule has 0 bridgehead atoms. The molecule has 2 saturated carbocycles. The molecule has 0 aromatic carbocycles. The molecule has 2 fully saturated rings. The van der Waals surface area contributed by atoms with Crippen molar-refractivity contribution in [2.75, 3.05) is 26.7 Å². The zero-order valence-electron chi connectivity index (χ0n) is 11.8. The maximum atomic E-state index is 10.4. The predicted molar refractivity (Wildman–Crippen MR) is 73.5 cm³/mol. The van der Waals surface area contributed by atoms with Crippen molar-refractivity contribution >= 4 is 0 Å². The van der Waals surface area contributed by atoms with E-state index in [-0.39, 0.29) is 5.41 Å². The van der Waals surface area contributed by atoms with E-state index >= 15 is 0 Å². The second kappa shape index (κ2) is 5.89. The molecule has 0 spiro atoms. The number of nitrogens with zero attached hydrogens (tertiary/aromatic N) is 1. The lowest BCUT2D eigenvalue weighted by Crippen LogP contribution is -2.46. The minimum atomic E-state index is -0.458. The van der Waals surface area contributed by atoms with Crippen molar-refractivity contribution in [1.29, 1.82) is 0 Å². The van der Waals surface area contributed by atoms with Crippen molar-refractivity contribution in [3.8, 4) is 0 Å². The van der Waals surface area contributed by atoms with Crippen LogP contribution in [0.2, 0.25) is 0 Å². The lowest BCUT2D eigenvalue weighted by atomic mass is 9.74. The summed E-state index contributed by atoms with van der Waals surface area (Å²) in [6.07, 6.45) is 10.3. The maximum Gasteiger partial charge on any atom is 0.0774 e. The molecule has 2 aliphatic carbocycles. The average Bonchev–Trinajstić information content (AvgIpc) is 2.76. The molecule has 0 radical (unpaired) electrons. The molecule has 0 aromatic heterocycles. The van der Waals surface area contributed by atoms with Crippen molar-refractivity contribution in [3.05, 3.63) is 0 Å². The first-order valence-electron chi connectivity index (χ1n) is 7.59. The van der Waals surface area contributed by atoms with Crippen LogP contribution in [0, 0.1) is 5.41 Å². The standard InChI is InChI=1S/C15H29NO2/c1-16(12-15(18)9-5-6-10-15)11-14(13-17)7-3-2-4-8-14/h17-18H,2-13H2,1H3. The Morgan fingerprint density at radius 1 is 0.889 bits per heavy atom. The highest BCUT2D eigenvalue weighted by Gasteiger charge is 2.36. The molecule has 2 aliphatic rings. The van der Waals surface area contributed by atoms with Gasteiger partial charge >= 0.3 is 0 Å². The van der Waals surface area contributed by atoms with Gasteiger partial charge in [-0.25, -0.2) is 0 Å². The van der Waals surface area contributed by atoms with Gasteiger partial charge in [-0.3, -0.25) is 0 Å². The van der Waals surface area contributed by atoms with Gasteiger partial charge < -0.3 is 15.1 Å². The van der Waals surface area contributed by atoms with E-state index < -0.39 is 5.60 Å². The fourth-order valence-corrected chi connectivity index (χ4v) is 3.99. The SMILES string of the molecule is CN(CC1(O)CCCC1)CC1(CO)CCCCC1. The van der Waals surface area contributed by atoms with E-state index in [1.54, 1.807) is 0 Å². The van der Waals surface area contributed by atoms with Gasteiger partial charge in [0.25, 0.3) is 0 Å². The minimum Gasteiger partial charge on any atom is -0.396 e. The fourth-order valence-electron chi connectivity index (χ4n) is 3.99. The molecule has 0 unspecified atom stereocenters. The van der Waals surface area contributed by atoms with E-state index in [2.05, 4.69) is 11.9 Å². The van der Waals surface area contributed by atoms with Gasteiger partial charge in [-0.05, 0) is 32.7 Å². The summed E-state index contributed by atoms with van der Waals surface area (Å²) in [5.74, 6) is 0. The molecule has 3 heteroatoms. The number of aliphatic hydroxyl groups is 2. The summed E-state index contributed by atoms with van der Waals surface area (Å²) in [6.45, 7) is 2.01. The highest BCUT2D eigenvalue weighted by molar-refractivity contribution is 4.90. The van der Waals surface area contributed by atoms with Crippen LogP contribution in [0.1, 0.15) is 57.8 Å². The van der Waals surface area contributed by atoms with Gasteiger partial charge in [0.2, 0.25) is 0 Å². The topological polar surface area (TPSA) is 43.7 Å². The van der Waals surface area contributed by atoms with Crippen LogP contribution < -0.4 is 0 Å². The van der Waals surface area contributed by atoms with E-state index in [0.717, 1.165) is 51.6 Å². The molecule has 0 heterocycles. The van der Waals surface area contributed by atoms with Crippen LogP contribution in [0.3, 0.4) is 0 Å². The lowest BCUT2D eigenvalue weighted by molar-refractivity contribution is -0.0114. The second-order valence-electron chi connectivity index (χ2n) is 6.82. The van der Waals surface area contributed by atoms with Crippen molar-refractivity contribution in [1.82, 2.24) is 4.90 Å². The molecule has 106 valence electrons. The van der Waals surface area contributed by atoms with Crippen LogP contribution in [0.15, 0.2) is 0 Å². The summed E-state index contributed by atoms with van der Waals surface area (Å²) in [5, 5.41) is 20.2. The first-order valence-corrected chi connectivity index (χ1v) is 7.59. The van der Waals surface area contributed by atoms with Crippen molar-refractivity contribution in [2.24, 2.45) is 5.41 Å². The third kappa shape index (κ3) is 3.46. The van der Waals surface area contributed by atoms with Crippen LogP contribution in [0.25, 0.3) is 0 Å². The Morgan fingerprint density at radius 3 is 2.00 bits per heavy atom. The summed E-state index contributed by atoms with van der Waals surface area (Å²) in [6, 6.07) is 0. The van der Waals surface area contributed by atoms with Gasteiger partial charge in [0.15, 0.2) is 0 Å². The summed E-state index contributed by atoms with van der Waals surface area (Å²) in [7, 11) is 2.10. The molecule has 0 atom stereocenters. The third-order valence-corrected chi connectivity index (χ3v) is 4.95. The van der Waals surface area contributed by atoms with Gasteiger partial charge in [-0.1, -0.05) is 32.1 Å². The van der Waals surface area contributed by atoms with Gasteiger partial charge in [-0.2, -0.15) is 0 Å². The maximum absolute atomic E-state index is 10.4. The first kappa shape index (κ1) is 14.3. The van der Waals surface area contributed by atoms with Crippen molar-refractivity contribution < 1.29 is 10.2 Å². The Balaban J connectivity index is 1.86. The zero-order valence-corrected chi connectivity index (χ0v) is 11.8. The first-order chi connectivity index (χ1) is 8.58. The molecule has 0 amide bonds. The quantitative estimate of drug-likeness (QED) is 0.791. The Hall–Kier alpha value is -0.120. The number of likely N-dealkylation sites (N-methyl/N-ethyl adjacent to an activating group) is 1. The second-order valence-corrected chi connectivity index (χ2v) is 6.82. The molecule has 2 N–H and O–H groups in total. The normalized spacial score (nSPS) is 26.7. The van der Waals surface area contributed by atoms with Crippen LogP contribution in [0.4, 0.5) is 0 Å². The Morgan fingerprint density at radius 2 is 1.44 bits per heavy atom. The van der Waals surface area contributed by atoms with Gasteiger partial charge in [0.05, 0.1) is 5.60 Å². The van der Waals surface area contributed by atoms with Crippen molar-refractivity contribution in [2.45, 2.75) is 63.4 Å². The monoisotopic (exact) mass is 255 g/mol. The number of aliphatic hydroxyl groups excluding tert-OH is 1. The lowest BCUT2D eigenvalue weighted by Gasteiger charge is -2.40. The Kier molecular flexibility index (Phi) is 4.68. The molecule has 18 heavy (non-hydrogen) atoms. The highest BCUT2D eigenvalue weighted by Crippen LogP contribution is 2.37. The summed E-state index contributed by atoms with van der Waals surface area (Å²) in [5.41, 5.74) is -0.359. The molecular weight excluding hydrogens is 226 g/mol. The molecular formula is C15H29NO2. The van der Waals surface area contributed by atoms with Gasteiger partial charge in [-0.15, -0.1) is 0 Å². The molecule has 0 aromatic rings. The Labute approximate surface area is 111 Å². The number of hydrogen-bond acceptors (Lipinski definition) is 3.